The Kier molecular flexibility index (Phi) is 6.28. The Labute approximate surface area is 141 Å². The van der Waals surface area contributed by atoms with Gasteiger partial charge in [0.05, 0.1) is 25.3 Å². The molecular formula is C17H24N2O5. The number of ether oxygens (including phenoxy) is 2. The Bertz CT molecular complexity index is 590. The van der Waals surface area contributed by atoms with Crippen LogP contribution in [0.5, 0.6) is 11.5 Å². The largest absolute Gasteiger partial charge is 0.497 e. The first-order chi connectivity index (χ1) is 11.5. The summed E-state index contributed by atoms with van der Waals surface area (Å²) in [5.41, 5.74) is 0.522. The van der Waals surface area contributed by atoms with E-state index in [1.807, 2.05) is 0 Å². The highest BCUT2D eigenvalue weighted by atomic mass is 16.5. The maximum atomic E-state index is 12.4. The minimum Gasteiger partial charge on any atom is -0.497 e. The molecule has 1 aromatic rings. The van der Waals surface area contributed by atoms with Crippen LogP contribution in [0.2, 0.25) is 0 Å². The third-order valence-electron chi connectivity index (χ3n) is 4.01. The van der Waals surface area contributed by atoms with Crippen molar-refractivity contribution in [1.82, 2.24) is 4.90 Å². The number of unbranched alkanes of at least 4 members (excludes halogenated alkanes) is 1. The first-order valence-electron chi connectivity index (χ1n) is 8.14. The highest BCUT2D eigenvalue weighted by molar-refractivity contribution is 5.92. The van der Waals surface area contributed by atoms with Crippen molar-refractivity contribution in [3.63, 3.8) is 0 Å². The van der Waals surface area contributed by atoms with Gasteiger partial charge in [-0.1, -0.05) is 13.3 Å². The summed E-state index contributed by atoms with van der Waals surface area (Å²) in [6.45, 7) is 3.29. The van der Waals surface area contributed by atoms with Gasteiger partial charge in [-0.15, -0.1) is 0 Å². The first kappa shape index (κ1) is 17.9. The van der Waals surface area contributed by atoms with Gasteiger partial charge in [0.25, 0.3) is 0 Å². The van der Waals surface area contributed by atoms with E-state index < -0.39 is 11.9 Å². The molecular weight excluding hydrogens is 312 g/mol. The molecule has 0 aromatic heterocycles. The second-order valence-electron chi connectivity index (χ2n) is 5.76. The lowest BCUT2D eigenvalue weighted by atomic mass is 10.1. The average molecular weight is 336 g/mol. The van der Waals surface area contributed by atoms with Crippen LogP contribution in [0.15, 0.2) is 18.2 Å². The van der Waals surface area contributed by atoms with Gasteiger partial charge in [-0.3, -0.25) is 4.79 Å². The number of urea groups is 1. The summed E-state index contributed by atoms with van der Waals surface area (Å²) in [5.74, 6) is -0.179. The van der Waals surface area contributed by atoms with E-state index in [9.17, 15) is 9.59 Å². The van der Waals surface area contributed by atoms with Gasteiger partial charge in [-0.05, 0) is 25.0 Å². The topological polar surface area (TPSA) is 88.1 Å². The third-order valence-corrected chi connectivity index (χ3v) is 4.01. The molecule has 1 aromatic carbocycles. The SMILES string of the molecule is CCCCOc1ccc(OC)cc1NC(=O)N1CCC(C(=O)O)C1. The predicted molar refractivity (Wildman–Crippen MR) is 89.7 cm³/mol. The van der Waals surface area contributed by atoms with Crippen LogP contribution in [-0.4, -0.2) is 48.8 Å². The Hall–Kier alpha value is -2.44. The van der Waals surface area contributed by atoms with Crippen LogP contribution in [0.25, 0.3) is 0 Å². The molecule has 0 spiro atoms. The molecule has 2 rings (SSSR count). The number of aliphatic carboxylic acids is 1. The fourth-order valence-corrected chi connectivity index (χ4v) is 2.53. The summed E-state index contributed by atoms with van der Waals surface area (Å²) in [6.07, 6.45) is 2.41. The molecule has 132 valence electrons. The van der Waals surface area contributed by atoms with Crippen molar-refractivity contribution in [1.29, 1.82) is 0 Å². The number of amides is 2. The number of carboxylic acid groups (broad SMARTS) is 1. The number of rotatable bonds is 7. The van der Waals surface area contributed by atoms with Crippen LogP contribution in [0.4, 0.5) is 10.5 Å². The normalized spacial score (nSPS) is 16.8. The van der Waals surface area contributed by atoms with Crippen molar-refractivity contribution in [3.8, 4) is 11.5 Å². The Balaban J connectivity index is 2.06. The van der Waals surface area contributed by atoms with E-state index in [-0.39, 0.29) is 12.6 Å². The Morgan fingerprint density at radius 3 is 2.83 bits per heavy atom. The number of hydrogen-bond acceptors (Lipinski definition) is 4. The molecule has 0 aliphatic carbocycles. The number of anilines is 1. The van der Waals surface area contributed by atoms with Crippen LogP contribution in [-0.2, 0) is 4.79 Å². The highest BCUT2D eigenvalue weighted by Gasteiger charge is 2.31. The molecule has 7 nitrogen and oxygen atoms in total. The van der Waals surface area contributed by atoms with Crippen LogP contribution >= 0.6 is 0 Å². The summed E-state index contributed by atoms with van der Waals surface area (Å²) in [7, 11) is 1.55. The molecule has 1 aliphatic rings. The van der Waals surface area contributed by atoms with Gasteiger partial charge < -0.3 is 24.8 Å². The monoisotopic (exact) mass is 336 g/mol. The summed E-state index contributed by atoms with van der Waals surface area (Å²) >= 11 is 0. The molecule has 1 unspecified atom stereocenters. The van der Waals surface area contributed by atoms with Gasteiger partial charge in [0.15, 0.2) is 0 Å². The van der Waals surface area contributed by atoms with Gasteiger partial charge in [0.2, 0.25) is 0 Å². The zero-order chi connectivity index (χ0) is 17.5. The second kappa shape index (κ2) is 8.42. The minimum absolute atomic E-state index is 0.219. The van der Waals surface area contributed by atoms with Gasteiger partial charge in [-0.25, -0.2) is 4.79 Å². The number of hydrogen-bond donors (Lipinski definition) is 2. The number of carbonyl (C=O) groups excluding carboxylic acids is 1. The van der Waals surface area contributed by atoms with E-state index in [1.54, 1.807) is 25.3 Å². The molecule has 1 atom stereocenters. The predicted octanol–water partition coefficient (Wildman–Crippen LogP) is 2.81. The van der Waals surface area contributed by atoms with Crippen molar-refractivity contribution in [2.75, 3.05) is 32.1 Å². The van der Waals surface area contributed by atoms with Crippen molar-refractivity contribution < 1.29 is 24.2 Å². The molecule has 0 bridgehead atoms. The molecule has 0 saturated carbocycles. The van der Waals surface area contributed by atoms with Crippen LogP contribution < -0.4 is 14.8 Å². The summed E-state index contributed by atoms with van der Waals surface area (Å²) < 4.78 is 10.9. The van der Waals surface area contributed by atoms with Crippen molar-refractivity contribution in [2.45, 2.75) is 26.2 Å². The lowest BCUT2D eigenvalue weighted by Crippen LogP contribution is -2.33. The average Bonchev–Trinajstić information content (AvgIpc) is 3.06. The summed E-state index contributed by atoms with van der Waals surface area (Å²) in [6, 6.07) is 4.90. The molecule has 1 aliphatic heterocycles. The number of carbonyl (C=O) groups is 2. The first-order valence-corrected chi connectivity index (χ1v) is 8.14. The zero-order valence-corrected chi connectivity index (χ0v) is 14.1. The smallest absolute Gasteiger partial charge is 0.321 e. The number of carboxylic acids is 1. The van der Waals surface area contributed by atoms with Crippen LogP contribution in [0, 0.1) is 5.92 Å². The van der Waals surface area contributed by atoms with Crippen LogP contribution in [0.3, 0.4) is 0 Å². The molecule has 7 heteroatoms. The van der Waals surface area contributed by atoms with Gasteiger partial charge >= 0.3 is 12.0 Å². The molecule has 1 saturated heterocycles. The van der Waals surface area contributed by atoms with Crippen molar-refractivity contribution in [2.24, 2.45) is 5.92 Å². The number of nitrogens with one attached hydrogen (secondary N) is 1. The minimum atomic E-state index is -0.865. The van der Waals surface area contributed by atoms with Crippen molar-refractivity contribution in [3.05, 3.63) is 18.2 Å². The van der Waals surface area contributed by atoms with Crippen molar-refractivity contribution >= 4 is 17.7 Å². The molecule has 24 heavy (non-hydrogen) atoms. The third kappa shape index (κ3) is 4.53. The van der Waals surface area contributed by atoms with E-state index in [1.165, 1.54) is 4.90 Å². The highest BCUT2D eigenvalue weighted by Crippen LogP contribution is 2.30. The van der Waals surface area contributed by atoms with Gasteiger partial charge in [0.1, 0.15) is 11.5 Å². The Morgan fingerprint density at radius 2 is 2.21 bits per heavy atom. The molecule has 1 heterocycles. The summed E-state index contributed by atoms with van der Waals surface area (Å²) in [4.78, 5) is 24.9. The van der Waals surface area contributed by atoms with E-state index in [0.29, 0.717) is 36.8 Å². The maximum absolute atomic E-state index is 12.4. The lowest BCUT2D eigenvalue weighted by molar-refractivity contribution is -0.141. The second-order valence-corrected chi connectivity index (χ2v) is 5.76. The molecule has 2 N–H and O–H groups in total. The number of benzene rings is 1. The number of nitrogens with zero attached hydrogens (tertiary/aromatic N) is 1. The summed E-state index contributed by atoms with van der Waals surface area (Å²) in [5, 5.41) is 11.8. The fraction of sp³-hybridized carbons (Fsp3) is 0.529. The molecule has 2 amide bonds. The maximum Gasteiger partial charge on any atom is 0.321 e. The van der Waals surface area contributed by atoms with Crippen LogP contribution in [0.1, 0.15) is 26.2 Å². The van der Waals surface area contributed by atoms with Gasteiger partial charge in [-0.2, -0.15) is 0 Å². The quantitative estimate of drug-likeness (QED) is 0.748. The Morgan fingerprint density at radius 1 is 1.42 bits per heavy atom. The van der Waals surface area contributed by atoms with E-state index in [0.717, 1.165) is 12.8 Å². The fourth-order valence-electron chi connectivity index (χ4n) is 2.53. The zero-order valence-electron chi connectivity index (χ0n) is 14.1. The standard InChI is InChI=1S/C17H24N2O5/c1-3-4-9-24-15-6-5-13(23-2)10-14(15)18-17(22)19-8-7-12(11-19)16(20)21/h5-6,10,12H,3-4,7-9,11H2,1-2H3,(H,18,22)(H,20,21). The lowest BCUT2D eigenvalue weighted by Gasteiger charge is -2.19. The van der Waals surface area contributed by atoms with E-state index >= 15 is 0 Å². The molecule has 0 radical (unpaired) electrons. The molecule has 1 fully saturated rings. The van der Waals surface area contributed by atoms with E-state index in [2.05, 4.69) is 12.2 Å². The van der Waals surface area contributed by atoms with E-state index in [4.69, 9.17) is 14.6 Å². The number of methoxy groups -OCH3 is 1. The van der Waals surface area contributed by atoms with Gasteiger partial charge in [0, 0.05) is 19.2 Å². The number of likely N-dealkylation sites (tertiary alicyclic amines) is 1.